The van der Waals surface area contributed by atoms with E-state index < -0.39 is 0 Å². The van der Waals surface area contributed by atoms with Gasteiger partial charge in [-0.25, -0.2) is 0 Å². The van der Waals surface area contributed by atoms with E-state index in [9.17, 15) is 4.79 Å². The summed E-state index contributed by atoms with van der Waals surface area (Å²) in [6, 6.07) is 16.1. The molecule has 31 heavy (non-hydrogen) atoms. The summed E-state index contributed by atoms with van der Waals surface area (Å²) < 4.78 is 7.94. The fourth-order valence-electron chi connectivity index (χ4n) is 4.05. The zero-order valence-corrected chi connectivity index (χ0v) is 18.5. The minimum atomic E-state index is -0.0717. The smallest absolute Gasteiger partial charge is 0.251 e. The highest BCUT2D eigenvalue weighted by Crippen LogP contribution is 2.29. The lowest BCUT2D eigenvalue weighted by molar-refractivity contribution is 0.0947. The molecule has 1 aromatic heterocycles. The monoisotopic (exact) mass is 418 g/mol. The lowest BCUT2D eigenvalue weighted by Gasteiger charge is -2.24. The summed E-state index contributed by atoms with van der Waals surface area (Å²) in [5, 5.41) is 11.4. The molecule has 1 aliphatic rings. The lowest BCUT2D eigenvalue weighted by Crippen LogP contribution is -2.28. The Morgan fingerprint density at radius 2 is 2.00 bits per heavy atom. The van der Waals surface area contributed by atoms with Gasteiger partial charge in [-0.15, -0.1) is 10.2 Å². The van der Waals surface area contributed by atoms with E-state index in [1.807, 2.05) is 37.3 Å². The number of aromatic nitrogens is 3. The summed E-state index contributed by atoms with van der Waals surface area (Å²) >= 11 is 0. The molecule has 0 fully saturated rings. The van der Waals surface area contributed by atoms with Crippen LogP contribution < -0.4 is 10.1 Å². The second kappa shape index (κ2) is 9.33. The number of ether oxygens (including phenoxy) is 1. The van der Waals surface area contributed by atoms with Crippen molar-refractivity contribution in [2.45, 2.75) is 52.0 Å². The summed E-state index contributed by atoms with van der Waals surface area (Å²) in [7, 11) is 0. The Kier molecular flexibility index (Phi) is 6.35. The lowest BCUT2D eigenvalue weighted by atomic mass is 9.90. The van der Waals surface area contributed by atoms with Crippen molar-refractivity contribution in [3.8, 4) is 5.75 Å². The minimum absolute atomic E-state index is 0.0717. The van der Waals surface area contributed by atoms with E-state index in [0.717, 1.165) is 36.8 Å². The van der Waals surface area contributed by atoms with Crippen LogP contribution in [0.15, 0.2) is 48.5 Å². The number of carbonyl (C=O) groups is 1. The number of nitrogens with one attached hydrogen (secondary N) is 1. The van der Waals surface area contributed by atoms with Crippen LogP contribution in [0.25, 0.3) is 0 Å². The summed E-state index contributed by atoms with van der Waals surface area (Å²) in [4.78, 5) is 12.6. The van der Waals surface area contributed by atoms with Crippen molar-refractivity contribution in [2.75, 3.05) is 13.2 Å². The van der Waals surface area contributed by atoms with Gasteiger partial charge in [-0.1, -0.05) is 38.1 Å². The maximum atomic E-state index is 12.6. The molecule has 0 aliphatic carbocycles. The van der Waals surface area contributed by atoms with Crippen molar-refractivity contribution in [3.63, 3.8) is 0 Å². The normalized spacial score (nSPS) is 15.5. The fourth-order valence-corrected chi connectivity index (χ4v) is 4.05. The fraction of sp³-hybridized carbons (Fsp3) is 0.400. The van der Waals surface area contributed by atoms with Crippen molar-refractivity contribution in [1.82, 2.24) is 20.1 Å². The molecule has 3 aromatic rings. The first-order valence-corrected chi connectivity index (χ1v) is 11.0. The number of nitrogens with zero attached hydrogens (tertiary/aromatic N) is 3. The molecule has 4 rings (SSSR count). The topological polar surface area (TPSA) is 69.0 Å². The highest BCUT2D eigenvalue weighted by Gasteiger charge is 2.23. The molecule has 1 atom stereocenters. The van der Waals surface area contributed by atoms with Gasteiger partial charge >= 0.3 is 0 Å². The summed E-state index contributed by atoms with van der Waals surface area (Å²) in [6.45, 7) is 8.09. The van der Waals surface area contributed by atoms with Crippen LogP contribution >= 0.6 is 0 Å². The predicted molar refractivity (Wildman–Crippen MR) is 121 cm³/mol. The zero-order chi connectivity index (χ0) is 21.8. The third-order valence-corrected chi connectivity index (χ3v) is 5.96. The Bertz CT molecular complexity index is 1040. The maximum absolute atomic E-state index is 12.6. The van der Waals surface area contributed by atoms with Crippen LogP contribution in [0.2, 0.25) is 0 Å². The van der Waals surface area contributed by atoms with Crippen molar-refractivity contribution >= 4 is 5.91 Å². The standard InChI is InChI=1S/C25H30N4O2/c1-17(2)19-7-10-23(11-8-19)31-14-13-26-25(30)21-6-4-5-20(15-21)22-9-12-24-28-27-18(3)29(24)16-22/h4-8,10-11,15,17,22H,9,12-14,16H2,1-3H3,(H,26,30). The van der Waals surface area contributed by atoms with E-state index in [1.54, 1.807) is 0 Å². The van der Waals surface area contributed by atoms with Gasteiger partial charge in [0.1, 0.15) is 24.0 Å². The Balaban J connectivity index is 1.30. The van der Waals surface area contributed by atoms with Gasteiger partial charge in [0.2, 0.25) is 0 Å². The number of benzene rings is 2. The van der Waals surface area contributed by atoms with Gasteiger partial charge in [0, 0.05) is 24.4 Å². The molecule has 0 saturated carbocycles. The predicted octanol–water partition coefficient (Wildman–Crippen LogP) is 4.25. The quantitative estimate of drug-likeness (QED) is 0.583. The van der Waals surface area contributed by atoms with Gasteiger partial charge in [0.25, 0.3) is 5.91 Å². The largest absolute Gasteiger partial charge is 0.492 e. The molecular weight excluding hydrogens is 388 g/mol. The van der Waals surface area contributed by atoms with E-state index in [4.69, 9.17) is 4.74 Å². The zero-order valence-electron chi connectivity index (χ0n) is 18.5. The Morgan fingerprint density at radius 3 is 2.77 bits per heavy atom. The molecule has 6 heteroatoms. The third kappa shape index (κ3) is 4.95. The van der Waals surface area contributed by atoms with Crippen molar-refractivity contribution < 1.29 is 9.53 Å². The molecule has 0 saturated heterocycles. The molecule has 2 aromatic carbocycles. The number of amides is 1. The van der Waals surface area contributed by atoms with Gasteiger partial charge in [0.15, 0.2) is 0 Å². The molecule has 1 N–H and O–H groups in total. The van der Waals surface area contributed by atoms with E-state index in [0.29, 0.717) is 30.6 Å². The highest BCUT2D eigenvalue weighted by molar-refractivity contribution is 5.94. The van der Waals surface area contributed by atoms with Gasteiger partial charge in [0.05, 0.1) is 6.54 Å². The minimum Gasteiger partial charge on any atom is -0.492 e. The number of fused-ring (bicyclic) bond motifs is 1. The van der Waals surface area contributed by atoms with Crippen LogP contribution in [0.3, 0.4) is 0 Å². The van der Waals surface area contributed by atoms with Crippen LogP contribution in [-0.2, 0) is 13.0 Å². The van der Waals surface area contributed by atoms with Crippen molar-refractivity contribution in [3.05, 3.63) is 76.9 Å². The Hall–Kier alpha value is -3.15. The van der Waals surface area contributed by atoms with E-state index >= 15 is 0 Å². The molecule has 1 amide bonds. The maximum Gasteiger partial charge on any atom is 0.251 e. The van der Waals surface area contributed by atoms with Gasteiger partial charge < -0.3 is 14.6 Å². The summed E-state index contributed by atoms with van der Waals surface area (Å²) in [5.41, 5.74) is 3.16. The molecule has 162 valence electrons. The number of hydrogen-bond acceptors (Lipinski definition) is 4. The van der Waals surface area contributed by atoms with Crippen LogP contribution in [0, 0.1) is 6.92 Å². The van der Waals surface area contributed by atoms with Gasteiger partial charge in [-0.3, -0.25) is 4.79 Å². The molecule has 0 bridgehead atoms. The van der Waals surface area contributed by atoms with Crippen LogP contribution in [-0.4, -0.2) is 33.8 Å². The summed E-state index contributed by atoms with van der Waals surface area (Å²) in [5.74, 6) is 3.63. The van der Waals surface area contributed by atoms with E-state index in [2.05, 4.69) is 52.1 Å². The number of aryl methyl sites for hydroxylation is 2. The number of rotatable bonds is 7. The van der Waals surface area contributed by atoms with E-state index in [1.165, 1.54) is 11.1 Å². The van der Waals surface area contributed by atoms with Crippen LogP contribution in [0.5, 0.6) is 5.75 Å². The SMILES string of the molecule is Cc1nnc2n1CC(c1cccc(C(=O)NCCOc3ccc(C(C)C)cc3)c1)CC2. The number of carbonyl (C=O) groups excluding carboxylic acids is 1. The molecule has 1 unspecified atom stereocenters. The average molecular weight is 419 g/mol. The molecular formula is C25H30N4O2. The van der Waals surface area contributed by atoms with E-state index in [-0.39, 0.29) is 5.91 Å². The molecule has 0 spiro atoms. The van der Waals surface area contributed by atoms with Crippen molar-refractivity contribution in [1.29, 1.82) is 0 Å². The third-order valence-electron chi connectivity index (χ3n) is 5.96. The first kappa shape index (κ1) is 21.1. The molecule has 6 nitrogen and oxygen atoms in total. The molecule has 1 aliphatic heterocycles. The average Bonchev–Trinajstić information content (AvgIpc) is 3.17. The second-order valence-corrected chi connectivity index (χ2v) is 8.46. The van der Waals surface area contributed by atoms with Crippen LogP contribution in [0.4, 0.5) is 0 Å². The van der Waals surface area contributed by atoms with Gasteiger partial charge in [-0.2, -0.15) is 0 Å². The molecule has 2 heterocycles. The first-order valence-electron chi connectivity index (χ1n) is 11.0. The molecule has 0 radical (unpaired) electrons. The van der Waals surface area contributed by atoms with Crippen molar-refractivity contribution in [2.24, 2.45) is 0 Å². The number of hydrogen-bond donors (Lipinski definition) is 1. The second-order valence-electron chi connectivity index (χ2n) is 8.46. The Morgan fingerprint density at radius 1 is 1.19 bits per heavy atom. The Labute approximate surface area is 183 Å². The van der Waals surface area contributed by atoms with Crippen LogP contribution in [0.1, 0.15) is 65.2 Å². The highest BCUT2D eigenvalue weighted by atomic mass is 16.5. The first-order chi connectivity index (χ1) is 15.0. The van der Waals surface area contributed by atoms with Gasteiger partial charge in [-0.05, 0) is 54.7 Å². The summed E-state index contributed by atoms with van der Waals surface area (Å²) in [6.07, 6.45) is 1.93.